The topological polar surface area (TPSA) is 77.2 Å². The second-order valence-electron chi connectivity index (χ2n) is 4.66. The van der Waals surface area contributed by atoms with Gasteiger partial charge in [0.15, 0.2) is 22.4 Å². The molecule has 0 spiro atoms. The number of hydrogen-bond donors (Lipinski definition) is 1. The molecule has 0 saturated carbocycles. The van der Waals surface area contributed by atoms with E-state index in [2.05, 4.69) is 15.5 Å². The van der Waals surface area contributed by atoms with Crippen LogP contribution in [-0.4, -0.2) is 23.2 Å². The minimum absolute atomic E-state index is 0.166. The number of carbonyl (C=O) groups excluding carboxylic acids is 1. The minimum Gasteiger partial charge on any atom is -0.494 e. The molecule has 1 amide bonds. The van der Waals surface area contributed by atoms with Crippen LogP contribution in [0.15, 0.2) is 34.2 Å². The summed E-state index contributed by atoms with van der Waals surface area (Å²) in [4.78, 5) is 16.2. The Morgan fingerprint density at radius 1 is 1.39 bits per heavy atom. The summed E-state index contributed by atoms with van der Waals surface area (Å²) in [6.07, 6.45) is 0. The monoisotopic (exact) mass is 333 g/mol. The van der Waals surface area contributed by atoms with E-state index in [1.165, 1.54) is 36.6 Å². The van der Waals surface area contributed by atoms with Crippen LogP contribution in [0.3, 0.4) is 0 Å². The molecule has 1 aromatic carbocycles. The number of anilines is 1. The summed E-state index contributed by atoms with van der Waals surface area (Å²) in [7, 11) is 1.40. The third-order valence-corrected chi connectivity index (χ3v) is 3.79. The Balaban J connectivity index is 1.78. The van der Waals surface area contributed by atoms with Gasteiger partial charge in [0, 0.05) is 17.0 Å². The van der Waals surface area contributed by atoms with Gasteiger partial charge in [-0.1, -0.05) is 5.16 Å². The molecule has 0 atom stereocenters. The molecule has 0 aliphatic heterocycles. The van der Waals surface area contributed by atoms with Gasteiger partial charge in [-0.15, -0.1) is 11.3 Å². The highest BCUT2D eigenvalue weighted by Crippen LogP contribution is 2.28. The van der Waals surface area contributed by atoms with Crippen molar-refractivity contribution in [2.75, 3.05) is 12.4 Å². The predicted octanol–water partition coefficient (Wildman–Crippen LogP) is 3.51. The minimum atomic E-state index is -0.471. The molecule has 1 N–H and O–H groups in total. The number of rotatable bonds is 4. The molecule has 0 radical (unpaired) electrons. The van der Waals surface area contributed by atoms with Crippen molar-refractivity contribution in [3.63, 3.8) is 0 Å². The van der Waals surface area contributed by atoms with E-state index < -0.39 is 11.7 Å². The second-order valence-corrected chi connectivity index (χ2v) is 5.52. The Morgan fingerprint density at radius 3 is 2.87 bits per heavy atom. The number of thiazole rings is 1. The molecule has 3 rings (SSSR count). The fourth-order valence-electron chi connectivity index (χ4n) is 1.92. The molecule has 2 aromatic heterocycles. The number of amides is 1. The molecule has 0 saturated heterocycles. The van der Waals surface area contributed by atoms with Gasteiger partial charge in [0.25, 0.3) is 5.91 Å². The van der Waals surface area contributed by atoms with Crippen LogP contribution in [0.4, 0.5) is 9.52 Å². The molecule has 3 aromatic rings. The number of benzene rings is 1. The molecule has 0 bridgehead atoms. The zero-order valence-corrected chi connectivity index (χ0v) is 13.1. The molecule has 2 heterocycles. The van der Waals surface area contributed by atoms with Crippen molar-refractivity contribution >= 4 is 22.4 Å². The Morgan fingerprint density at radius 2 is 2.22 bits per heavy atom. The highest BCUT2D eigenvalue weighted by molar-refractivity contribution is 7.14. The highest BCUT2D eigenvalue weighted by atomic mass is 32.1. The molecule has 0 aliphatic rings. The maximum Gasteiger partial charge on any atom is 0.279 e. The number of nitrogens with zero attached hydrogens (tertiary/aromatic N) is 2. The average Bonchev–Trinajstić information content (AvgIpc) is 3.16. The number of aryl methyl sites for hydroxylation is 1. The average molecular weight is 333 g/mol. The molecule has 8 heteroatoms. The van der Waals surface area contributed by atoms with E-state index in [9.17, 15) is 9.18 Å². The molecular weight excluding hydrogens is 321 g/mol. The van der Waals surface area contributed by atoms with Gasteiger partial charge < -0.3 is 9.26 Å². The molecule has 6 nitrogen and oxygen atoms in total. The molecule has 0 aliphatic carbocycles. The Hall–Kier alpha value is -2.74. The Labute approximate surface area is 134 Å². The van der Waals surface area contributed by atoms with Crippen molar-refractivity contribution in [2.45, 2.75) is 6.92 Å². The summed E-state index contributed by atoms with van der Waals surface area (Å²) in [6.45, 7) is 1.70. The lowest BCUT2D eigenvalue weighted by Gasteiger charge is -2.03. The summed E-state index contributed by atoms with van der Waals surface area (Å²) >= 11 is 1.23. The van der Waals surface area contributed by atoms with Gasteiger partial charge in [-0.05, 0) is 25.1 Å². The largest absolute Gasteiger partial charge is 0.494 e. The number of ether oxygens (including phenoxy) is 1. The maximum atomic E-state index is 13.7. The van der Waals surface area contributed by atoms with E-state index in [1.807, 2.05) is 0 Å². The van der Waals surface area contributed by atoms with Crippen LogP contribution in [0.2, 0.25) is 0 Å². The zero-order chi connectivity index (χ0) is 16.4. The van der Waals surface area contributed by atoms with Crippen LogP contribution in [-0.2, 0) is 0 Å². The fourth-order valence-corrected chi connectivity index (χ4v) is 2.64. The van der Waals surface area contributed by atoms with E-state index in [1.54, 1.807) is 18.4 Å². The summed E-state index contributed by atoms with van der Waals surface area (Å²) in [5.41, 5.74) is 1.33. The maximum absolute atomic E-state index is 13.7. The SMILES string of the molecule is COc1ccc(-c2csc(NC(=O)c3cc(C)on3)n2)cc1F. The van der Waals surface area contributed by atoms with Crippen molar-refractivity contribution in [2.24, 2.45) is 0 Å². The normalized spacial score (nSPS) is 10.6. The zero-order valence-electron chi connectivity index (χ0n) is 12.3. The molecular formula is C15H12FN3O3S. The third-order valence-electron chi connectivity index (χ3n) is 3.03. The van der Waals surface area contributed by atoms with Crippen molar-refractivity contribution in [3.8, 4) is 17.0 Å². The van der Waals surface area contributed by atoms with Crippen LogP contribution < -0.4 is 10.1 Å². The van der Waals surface area contributed by atoms with Crippen LogP contribution >= 0.6 is 11.3 Å². The van der Waals surface area contributed by atoms with Gasteiger partial charge in [-0.2, -0.15) is 0 Å². The summed E-state index contributed by atoms with van der Waals surface area (Å²) < 4.78 is 23.5. The summed E-state index contributed by atoms with van der Waals surface area (Å²) in [6, 6.07) is 6.09. The number of methoxy groups -OCH3 is 1. The van der Waals surface area contributed by atoms with E-state index in [4.69, 9.17) is 9.26 Å². The predicted molar refractivity (Wildman–Crippen MR) is 83.3 cm³/mol. The highest BCUT2D eigenvalue weighted by Gasteiger charge is 2.14. The first-order valence-electron chi connectivity index (χ1n) is 6.61. The number of aromatic nitrogens is 2. The summed E-state index contributed by atoms with van der Waals surface area (Å²) in [5.74, 6) is -0.173. The van der Waals surface area contributed by atoms with Gasteiger partial charge in [-0.25, -0.2) is 9.37 Å². The third kappa shape index (κ3) is 3.21. The first-order chi connectivity index (χ1) is 11.1. The first-order valence-corrected chi connectivity index (χ1v) is 7.49. The lowest BCUT2D eigenvalue weighted by molar-refractivity contribution is 0.101. The number of hydrogen-bond acceptors (Lipinski definition) is 6. The Bertz CT molecular complexity index is 859. The number of carbonyl (C=O) groups is 1. The molecule has 23 heavy (non-hydrogen) atoms. The Kier molecular flexibility index (Phi) is 4.07. The number of nitrogens with one attached hydrogen (secondary N) is 1. The summed E-state index contributed by atoms with van der Waals surface area (Å²) in [5, 5.41) is 8.38. The molecule has 118 valence electrons. The van der Waals surface area contributed by atoms with Crippen LogP contribution in [0, 0.1) is 12.7 Å². The van der Waals surface area contributed by atoms with Gasteiger partial charge >= 0.3 is 0 Å². The smallest absolute Gasteiger partial charge is 0.279 e. The van der Waals surface area contributed by atoms with E-state index in [0.717, 1.165) is 0 Å². The van der Waals surface area contributed by atoms with Crippen molar-refractivity contribution in [1.82, 2.24) is 10.1 Å². The van der Waals surface area contributed by atoms with E-state index in [-0.39, 0.29) is 11.4 Å². The van der Waals surface area contributed by atoms with Crippen LogP contribution in [0.25, 0.3) is 11.3 Å². The van der Waals surface area contributed by atoms with Crippen LogP contribution in [0.1, 0.15) is 16.2 Å². The standard InChI is InChI=1S/C15H12FN3O3S/c1-8-5-11(19-22-8)14(20)18-15-17-12(7-23-15)9-3-4-13(21-2)10(16)6-9/h3-7H,1-2H3,(H,17,18,20). The molecule has 0 fully saturated rings. The van der Waals surface area contributed by atoms with Gasteiger partial charge in [0.2, 0.25) is 0 Å². The van der Waals surface area contributed by atoms with Crippen molar-refractivity contribution in [3.05, 3.63) is 46.9 Å². The van der Waals surface area contributed by atoms with Crippen LogP contribution in [0.5, 0.6) is 5.75 Å². The number of halogens is 1. The first kappa shape index (κ1) is 15.2. The van der Waals surface area contributed by atoms with Gasteiger partial charge in [-0.3, -0.25) is 10.1 Å². The quantitative estimate of drug-likeness (QED) is 0.790. The van der Waals surface area contributed by atoms with Crippen molar-refractivity contribution in [1.29, 1.82) is 0 Å². The van der Waals surface area contributed by atoms with Crippen molar-refractivity contribution < 1.29 is 18.4 Å². The van der Waals surface area contributed by atoms with E-state index >= 15 is 0 Å². The lowest BCUT2D eigenvalue weighted by atomic mass is 10.1. The van der Waals surface area contributed by atoms with Gasteiger partial charge in [0.1, 0.15) is 5.76 Å². The van der Waals surface area contributed by atoms with E-state index in [0.29, 0.717) is 22.1 Å². The fraction of sp³-hybridized carbons (Fsp3) is 0.133. The lowest BCUT2D eigenvalue weighted by Crippen LogP contribution is -2.11. The second kappa shape index (κ2) is 6.17. The molecule has 0 unspecified atom stereocenters. The van der Waals surface area contributed by atoms with Gasteiger partial charge in [0.05, 0.1) is 12.8 Å².